The van der Waals surface area contributed by atoms with Crippen LogP contribution in [0, 0.1) is 0 Å². The number of rotatable bonds is 3. The van der Waals surface area contributed by atoms with Gasteiger partial charge in [0.05, 0.1) is 5.69 Å². The molecular formula is C13H23N5O. The van der Waals surface area contributed by atoms with Gasteiger partial charge in [-0.1, -0.05) is 0 Å². The highest BCUT2D eigenvalue weighted by molar-refractivity contribution is 5.97. The van der Waals surface area contributed by atoms with Crippen molar-refractivity contribution in [2.24, 2.45) is 0 Å². The summed E-state index contributed by atoms with van der Waals surface area (Å²) in [6.45, 7) is 4.70. The third kappa shape index (κ3) is 2.89. The van der Waals surface area contributed by atoms with Crippen LogP contribution in [-0.4, -0.2) is 58.7 Å². The number of carbonyl (C=O) groups is 1. The summed E-state index contributed by atoms with van der Waals surface area (Å²) in [6, 6.07) is 0.248. The first-order chi connectivity index (χ1) is 9.02. The Morgan fingerprint density at radius 2 is 2.37 bits per heavy atom. The van der Waals surface area contributed by atoms with Crippen molar-refractivity contribution < 1.29 is 4.79 Å². The highest BCUT2D eigenvalue weighted by Gasteiger charge is 2.27. The number of carbonyl (C=O) groups excluding carboxylic acids is 1. The van der Waals surface area contributed by atoms with Crippen molar-refractivity contribution in [1.29, 1.82) is 0 Å². The number of likely N-dealkylation sites (N-methyl/N-ethyl adjacent to an activating group) is 2. The Bertz CT molecular complexity index is 456. The van der Waals surface area contributed by atoms with Gasteiger partial charge in [-0.3, -0.25) is 9.48 Å². The van der Waals surface area contributed by atoms with Gasteiger partial charge in [0.1, 0.15) is 0 Å². The van der Waals surface area contributed by atoms with E-state index in [1.807, 2.05) is 14.0 Å². The highest BCUT2D eigenvalue weighted by Crippen LogP contribution is 2.18. The van der Waals surface area contributed by atoms with Crippen molar-refractivity contribution in [1.82, 2.24) is 19.6 Å². The van der Waals surface area contributed by atoms with Gasteiger partial charge in [0.15, 0.2) is 5.69 Å². The first-order valence-corrected chi connectivity index (χ1v) is 6.81. The van der Waals surface area contributed by atoms with E-state index in [1.165, 1.54) is 0 Å². The Morgan fingerprint density at radius 3 is 2.95 bits per heavy atom. The zero-order chi connectivity index (χ0) is 14.0. The number of nitrogens with zero attached hydrogens (tertiary/aromatic N) is 4. The lowest BCUT2D eigenvalue weighted by Gasteiger charge is -2.35. The molecule has 1 unspecified atom stereocenters. The Hall–Kier alpha value is -1.56. The third-order valence-electron chi connectivity index (χ3n) is 3.78. The summed E-state index contributed by atoms with van der Waals surface area (Å²) in [7, 11) is 3.93. The number of aryl methyl sites for hydroxylation is 1. The summed E-state index contributed by atoms with van der Waals surface area (Å²) >= 11 is 0. The lowest BCUT2D eigenvalue weighted by Crippen LogP contribution is -2.47. The molecule has 1 amide bonds. The van der Waals surface area contributed by atoms with E-state index in [-0.39, 0.29) is 11.9 Å². The molecule has 1 aliphatic rings. The molecule has 106 valence electrons. The molecule has 2 rings (SSSR count). The predicted octanol–water partition coefficient (Wildman–Crippen LogP) is 0.651. The van der Waals surface area contributed by atoms with Crippen LogP contribution in [-0.2, 0) is 6.54 Å². The number of hydrogen-bond donors (Lipinski definition) is 1. The van der Waals surface area contributed by atoms with Crippen LogP contribution in [0.15, 0.2) is 6.20 Å². The molecule has 0 saturated carbocycles. The van der Waals surface area contributed by atoms with Gasteiger partial charge in [0, 0.05) is 32.4 Å². The fraction of sp³-hybridized carbons (Fsp3) is 0.692. The summed E-state index contributed by atoms with van der Waals surface area (Å²) in [5.41, 5.74) is 6.70. The molecule has 6 nitrogen and oxygen atoms in total. The van der Waals surface area contributed by atoms with E-state index in [0.717, 1.165) is 25.9 Å². The smallest absolute Gasteiger partial charge is 0.276 e. The van der Waals surface area contributed by atoms with Crippen LogP contribution in [0.2, 0.25) is 0 Å². The van der Waals surface area contributed by atoms with Crippen molar-refractivity contribution in [2.75, 3.05) is 32.9 Å². The monoisotopic (exact) mass is 265 g/mol. The number of likely N-dealkylation sites (tertiary alicyclic amines) is 1. The van der Waals surface area contributed by atoms with Gasteiger partial charge in [-0.05, 0) is 33.4 Å². The SMILES string of the molecule is CCn1cc(N)c(C(=O)N(C)C2CCCN(C)C2)n1. The normalized spacial score (nSPS) is 20.5. The van der Waals surface area contributed by atoms with Gasteiger partial charge in [0.2, 0.25) is 0 Å². The molecule has 0 aliphatic carbocycles. The quantitative estimate of drug-likeness (QED) is 0.871. The fourth-order valence-electron chi connectivity index (χ4n) is 2.55. The van der Waals surface area contributed by atoms with E-state index >= 15 is 0 Å². The van der Waals surface area contributed by atoms with Crippen LogP contribution >= 0.6 is 0 Å². The third-order valence-corrected chi connectivity index (χ3v) is 3.78. The molecule has 1 saturated heterocycles. The van der Waals surface area contributed by atoms with Crippen molar-refractivity contribution in [2.45, 2.75) is 32.4 Å². The fourth-order valence-corrected chi connectivity index (χ4v) is 2.55. The summed E-state index contributed by atoms with van der Waals surface area (Å²) in [5.74, 6) is -0.0787. The zero-order valence-electron chi connectivity index (χ0n) is 12.0. The largest absolute Gasteiger partial charge is 0.396 e. The molecular weight excluding hydrogens is 242 g/mol. The van der Waals surface area contributed by atoms with Crippen molar-refractivity contribution in [3.8, 4) is 0 Å². The second kappa shape index (κ2) is 5.61. The van der Waals surface area contributed by atoms with E-state index in [9.17, 15) is 4.79 Å². The number of anilines is 1. The molecule has 2 heterocycles. The molecule has 2 N–H and O–H groups in total. The van der Waals surface area contributed by atoms with Gasteiger partial charge in [0.25, 0.3) is 5.91 Å². The van der Waals surface area contributed by atoms with E-state index < -0.39 is 0 Å². The second-order valence-corrected chi connectivity index (χ2v) is 5.26. The van der Waals surface area contributed by atoms with Crippen molar-refractivity contribution in [3.05, 3.63) is 11.9 Å². The topological polar surface area (TPSA) is 67.4 Å². The number of aromatic nitrogens is 2. The Balaban J connectivity index is 2.11. The number of amides is 1. The molecule has 6 heteroatoms. The zero-order valence-corrected chi connectivity index (χ0v) is 12.0. The molecule has 1 atom stereocenters. The molecule has 0 aromatic carbocycles. The lowest BCUT2D eigenvalue weighted by atomic mass is 10.0. The Kier molecular flexibility index (Phi) is 4.09. The summed E-state index contributed by atoms with van der Waals surface area (Å²) in [4.78, 5) is 16.5. The first kappa shape index (κ1) is 13.9. The van der Waals surface area contributed by atoms with Crippen LogP contribution in [0.25, 0.3) is 0 Å². The Morgan fingerprint density at radius 1 is 1.63 bits per heavy atom. The Labute approximate surface area is 114 Å². The van der Waals surface area contributed by atoms with Crippen LogP contribution in [0.4, 0.5) is 5.69 Å². The molecule has 19 heavy (non-hydrogen) atoms. The number of nitrogens with two attached hydrogens (primary N) is 1. The van der Waals surface area contributed by atoms with Gasteiger partial charge < -0.3 is 15.5 Å². The second-order valence-electron chi connectivity index (χ2n) is 5.26. The number of hydrogen-bond acceptors (Lipinski definition) is 4. The molecule has 0 spiro atoms. The maximum atomic E-state index is 12.5. The van der Waals surface area contributed by atoms with Crippen LogP contribution in [0.1, 0.15) is 30.3 Å². The lowest BCUT2D eigenvalue weighted by molar-refractivity contribution is 0.0638. The molecule has 0 radical (unpaired) electrons. The van der Waals surface area contributed by atoms with Gasteiger partial charge in [-0.15, -0.1) is 0 Å². The van der Waals surface area contributed by atoms with E-state index in [0.29, 0.717) is 17.9 Å². The predicted molar refractivity (Wildman–Crippen MR) is 74.9 cm³/mol. The van der Waals surface area contributed by atoms with Crippen molar-refractivity contribution >= 4 is 11.6 Å². The minimum Gasteiger partial charge on any atom is -0.396 e. The van der Waals surface area contributed by atoms with E-state index in [2.05, 4.69) is 17.0 Å². The van der Waals surface area contributed by atoms with E-state index in [4.69, 9.17) is 5.73 Å². The summed E-state index contributed by atoms with van der Waals surface area (Å²) in [6.07, 6.45) is 3.88. The van der Waals surface area contributed by atoms with Crippen LogP contribution < -0.4 is 5.73 Å². The standard InChI is InChI=1S/C13H23N5O/c1-4-18-9-11(14)12(15-18)13(19)17(3)10-6-5-7-16(2)8-10/h9-10H,4-8,14H2,1-3H3. The van der Waals surface area contributed by atoms with Crippen molar-refractivity contribution in [3.63, 3.8) is 0 Å². The maximum absolute atomic E-state index is 12.5. The molecule has 1 aromatic rings. The van der Waals surface area contributed by atoms with E-state index in [1.54, 1.807) is 15.8 Å². The molecule has 0 bridgehead atoms. The molecule has 1 aromatic heterocycles. The number of nitrogen functional groups attached to an aromatic ring is 1. The first-order valence-electron chi connectivity index (χ1n) is 6.81. The number of piperidine rings is 1. The average molecular weight is 265 g/mol. The average Bonchev–Trinajstić information content (AvgIpc) is 2.78. The maximum Gasteiger partial charge on any atom is 0.276 e. The summed E-state index contributed by atoms with van der Waals surface area (Å²) < 4.78 is 1.70. The van der Waals surface area contributed by atoms with Crippen LogP contribution in [0.5, 0.6) is 0 Å². The van der Waals surface area contributed by atoms with Gasteiger partial charge in [-0.2, -0.15) is 5.10 Å². The minimum absolute atomic E-state index is 0.0787. The molecule has 1 aliphatic heterocycles. The minimum atomic E-state index is -0.0787. The van der Waals surface area contributed by atoms with Gasteiger partial charge in [-0.25, -0.2) is 0 Å². The molecule has 1 fully saturated rings. The summed E-state index contributed by atoms with van der Waals surface area (Å²) in [5, 5.41) is 4.25. The van der Waals surface area contributed by atoms with Gasteiger partial charge >= 0.3 is 0 Å². The van der Waals surface area contributed by atoms with Crippen LogP contribution in [0.3, 0.4) is 0 Å². The highest BCUT2D eigenvalue weighted by atomic mass is 16.2.